The van der Waals surface area contributed by atoms with Crippen LogP contribution in [0.25, 0.3) is 0 Å². The number of rotatable bonds is 4. The summed E-state index contributed by atoms with van der Waals surface area (Å²) in [6, 6.07) is -1.79. The van der Waals surface area contributed by atoms with Crippen LogP contribution in [0.15, 0.2) is 0 Å². The maximum Gasteiger partial charge on any atom is 0.411 e. The van der Waals surface area contributed by atoms with Gasteiger partial charge in [0.15, 0.2) is 0 Å². The first-order valence-electron chi connectivity index (χ1n) is 9.59. The van der Waals surface area contributed by atoms with Gasteiger partial charge in [-0.3, -0.25) is 4.90 Å². The first-order chi connectivity index (χ1) is 13.8. The number of carbonyl (C=O) groups excluding carboxylic acids is 2. The zero-order valence-corrected chi connectivity index (χ0v) is 17.2. The number of benzene rings is 1. The van der Waals surface area contributed by atoms with Gasteiger partial charge in [-0.15, -0.1) is 0 Å². The smallest absolute Gasteiger partial charge is 0.411 e. The van der Waals surface area contributed by atoms with Gasteiger partial charge in [0, 0.05) is 6.04 Å². The maximum atomic E-state index is 13.9. The maximum absolute atomic E-state index is 13.9. The van der Waals surface area contributed by atoms with Crippen molar-refractivity contribution in [2.24, 2.45) is 0 Å². The van der Waals surface area contributed by atoms with Gasteiger partial charge in [0.25, 0.3) is 0 Å². The molecule has 1 aromatic carbocycles. The number of ether oxygens (including phenoxy) is 2. The number of amides is 1. The average Bonchev–Trinajstić information content (AvgIpc) is 2.67. The molecule has 1 aromatic rings. The van der Waals surface area contributed by atoms with Crippen molar-refractivity contribution < 1.29 is 41.0 Å². The Morgan fingerprint density at radius 3 is 1.83 bits per heavy atom. The molecule has 1 aliphatic carbocycles. The van der Waals surface area contributed by atoms with E-state index < -0.39 is 64.6 Å². The van der Waals surface area contributed by atoms with Crippen LogP contribution in [-0.2, 0) is 9.53 Å². The van der Waals surface area contributed by atoms with Gasteiger partial charge in [0.2, 0.25) is 34.8 Å². The zero-order valence-electron chi connectivity index (χ0n) is 17.2. The summed E-state index contributed by atoms with van der Waals surface area (Å²) in [5, 5.41) is 0. The van der Waals surface area contributed by atoms with Gasteiger partial charge in [0.05, 0.1) is 0 Å². The molecular weight excluding hydrogens is 413 g/mol. The Bertz CT molecular complexity index is 789. The fourth-order valence-electron chi connectivity index (χ4n) is 3.27. The van der Waals surface area contributed by atoms with E-state index in [-0.39, 0.29) is 0 Å². The monoisotopic (exact) mass is 437 g/mol. The molecule has 0 radical (unpaired) electrons. The minimum atomic E-state index is -2.37. The fourth-order valence-corrected chi connectivity index (χ4v) is 3.27. The third-order valence-corrected chi connectivity index (χ3v) is 4.70. The van der Waals surface area contributed by atoms with Crippen LogP contribution in [0, 0.1) is 29.1 Å². The number of nitrogens with zero attached hydrogens (tertiary/aromatic N) is 1. The third kappa shape index (κ3) is 5.20. The summed E-state index contributed by atoms with van der Waals surface area (Å²) in [6.45, 7) is 6.12. The highest BCUT2D eigenvalue weighted by Crippen LogP contribution is 2.31. The van der Waals surface area contributed by atoms with E-state index in [9.17, 15) is 31.5 Å². The Balaban J connectivity index is 2.32. The van der Waals surface area contributed by atoms with Crippen LogP contribution in [-0.4, -0.2) is 34.6 Å². The number of carbonyl (C=O) groups is 2. The average molecular weight is 437 g/mol. The Morgan fingerprint density at radius 2 is 1.37 bits per heavy atom. The summed E-state index contributed by atoms with van der Waals surface area (Å²) >= 11 is 0. The second kappa shape index (κ2) is 9.18. The summed E-state index contributed by atoms with van der Waals surface area (Å²) in [6.07, 6.45) is 2.84. The van der Waals surface area contributed by atoms with Crippen molar-refractivity contribution in [3.63, 3.8) is 0 Å². The Labute approximate surface area is 171 Å². The molecular formula is C20H24F5NO4. The summed E-state index contributed by atoms with van der Waals surface area (Å²) in [5.41, 5.74) is -0.880. The minimum absolute atomic E-state index is 0.396. The van der Waals surface area contributed by atoms with Gasteiger partial charge >= 0.3 is 12.1 Å². The van der Waals surface area contributed by atoms with Gasteiger partial charge in [-0.1, -0.05) is 19.3 Å². The Hall–Kier alpha value is -2.39. The van der Waals surface area contributed by atoms with Crippen molar-refractivity contribution in [3.8, 4) is 5.75 Å². The lowest BCUT2D eigenvalue weighted by Gasteiger charge is -2.38. The molecule has 0 heterocycles. The van der Waals surface area contributed by atoms with Crippen LogP contribution in [0.2, 0.25) is 0 Å². The van der Waals surface area contributed by atoms with Gasteiger partial charge < -0.3 is 9.47 Å². The highest BCUT2D eigenvalue weighted by molar-refractivity contribution is 5.83. The standard InChI is InChI=1S/C20H24F5NO4/c1-10(18(27)29-17-15(24)13(22)12(21)14(23)16(17)25)26(11-8-6-5-7-9-11)19(28)30-20(2,3)4/h10-11H,5-9H2,1-4H3/t10-/m0/s1. The molecule has 1 amide bonds. The van der Waals surface area contributed by atoms with E-state index in [0.29, 0.717) is 12.8 Å². The predicted molar refractivity (Wildman–Crippen MR) is 96.3 cm³/mol. The number of hydrogen-bond acceptors (Lipinski definition) is 4. The third-order valence-electron chi connectivity index (χ3n) is 4.70. The van der Waals surface area contributed by atoms with Crippen LogP contribution in [0.5, 0.6) is 5.75 Å². The van der Waals surface area contributed by atoms with Crippen LogP contribution < -0.4 is 4.74 Å². The number of halogens is 5. The van der Waals surface area contributed by atoms with Crippen LogP contribution in [0.4, 0.5) is 26.7 Å². The number of esters is 1. The van der Waals surface area contributed by atoms with Crippen molar-refractivity contribution in [1.29, 1.82) is 0 Å². The zero-order chi connectivity index (χ0) is 22.8. The van der Waals surface area contributed by atoms with Crippen LogP contribution in [0.1, 0.15) is 59.8 Å². The molecule has 1 atom stereocenters. The minimum Gasteiger partial charge on any atom is -0.444 e. The van der Waals surface area contributed by atoms with E-state index in [1.807, 2.05) is 0 Å². The Morgan fingerprint density at radius 1 is 0.900 bits per heavy atom. The normalized spacial score (nSPS) is 16.2. The molecule has 0 N–H and O–H groups in total. The van der Waals surface area contributed by atoms with E-state index >= 15 is 0 Å². The highest BCUT2D eigenvalue weighted by atomic mass is 19.2. The van der Waals surface area contributed by atoms with Crippen molar-refractivity contribution in [1.82, 2.24) is 4.90 Å². The molecule has 0 bridgehead atoms. The van der Waals surface area contributed by atoms with Gasteiger partial charge in [0.1, 0.15) is 11.6 Å². The molecule has 0 aromatic heterocycles. The molecule has 168 valence electrons. The first kappa shape index (κ1) is 23.9. The first-order valence-corrected chi connectivity index (χ1v) is 9.59. The van der Waals surface area contributed by atoms with Crippen molar-refractivity contribution >= 4 is 12.1 Å². The van der Waals surface area contributed by atoms with Crippen LogP contribution in [0.3, 0.4) is 0 Å². The SMILES string of the molecule is C[C@@H](C(=O)Oc1c(F)c(F)c(F)c(F)c1F)N(C(=O)OC(C)(C)C)C1CCCCC1. The summed E-state index contributed by atoms with van der Waals surface area (Å²) < 4.78 is 77.5. The molecule has 10 heteroatoms. The lowest BCUT2D eigenvalue weighted by molar-refractivity contribution is -0.141. The summed E-state index contributed by atoms with van der Waals surface area (Å²) in [4.78, 5) is 26.4. The lowest BCUT2D eigenvalue weighted by atomic mass is 9.93. The van der Waals surface area contributed by atoms with Gasteiger partial charge in [-0.25, -0.2) is 22.8 Å². The molecule has 2 rings (SSSR count). The summed E-state index contributed by atoms with van der Waals surface area (Å²) in [5.74, 6) is -14.4. The van der Waals surface area contributed by atoms with E-state index in [1.165, 1.54) is 6.92 Å². The molecule has 30 heavy (non-hydrogen) atoms. The van der Waals surface area contributed by atoms with E-state index in [2.05, 4.69) is 4.74 Å². The topological polar surface area (TPSA) is 55.8 Å². The van der Waals surface area contributed by atoms with Crippen molar-refractivity contribution in [2.45, 2.75) is 77.5 Å². The Kier molecular flexibility index (Phi) is 7.31. The molecule has 1 fully saturated rings. The van der Waals surface area contributed by atoms with Gasteiger partial charge in [-0.05, 0) is 40.5 Å². The molecule has 1 aliphatic rings. The van der Waals surface area contributed by atoms with Crippen molar-refractivity contribution in [2.75, 3.05) is 0 Å². The quantitative estimate of drug-likeness (QED) is 0.212. The summed E-state index contributed by atoms with van der Waals surface area (Å²) in [7, 11) is 0. The van der Waals surface area contributed by atoms with Crippen LogP contribution >= 0.6 is 0 Å². The second-order valence-corrected chi connectivity index (χ2v) is 8.18. The molecule has 0 unspecified atom stereocenters. The van der Waals surface area contributed by atoms with Crippen molar-refractivity contribution in [3.05, 3.63) is 29.1 Å². The highest BCUT2D eigenvalue weighted by Gasteiger charge is 2.38. The van der Waals surface area contributed by atoms with Gasteiger partial charge in [-0.2, -0.15) is 8.78 Å². The largest absolute Gasteiger partial charge is 0.444 e. The van der Waals surface area contributed by atoms with E-state index in [4.69, 9.17) is 4.74 Å². The lowest BCUT2D eigenvalue weighted by Crippen LogP contribution is -2.52. The molecule has 0 saturated heterocycles. The van der Waals surface area contributed by atoms with E-state index in [1.54, 1.807) is 20.8 Å². The predicted octanol–water partition coefficient (Wildman–Crippen LogP) is 5.25. The molecule has 0 spiro atoms. The van der Waals surface area contributed by atoms with E-state index in [0.717, 1.165) is 24.2 Å². The molecule has 1 saturated carbocycles. The number of hydrogen-bond donors (Lipinski definition) is 0. The molecule has 0 aliphatic heterocycles. The molecule has 5 nitrogen and oxygen atoms in total. The second-order valence-electron chi connectivity index (χ2n) is 8.18. The fraction of sp³-hybridized carbons (Fsp3) is 0.600.